The molecule has 1 aliphatic carbocycles. The second-order valence-corrected chi connectivity index (χ2v) is 5.40. The minimum absolute atomic E-state index is 0.0538. The zero-order valence-electron chi connectivity index (χ0n) is 11.1. The first-order valence-corrected chi connectivity index (χ1v) is 6.44. The van der Waals surface area contributed by atoms with Crippen molar-refractivity contribution in [2.75, 3.05) is 7.11 Å². The van der Waals surface area contributed by atoms with Crippen LogP contribution in [0.2, 0.25) is 0 Å². The molecular weight excluding hydrogens is 210 g/mol. The van der Waals surface area contributed by atoms with Crippen LogP contribution >= 0.6 is 0 Å². The zero-order valence-corrected chi connectivity index (χ0v) is 11.1. The smallest absolute Gasteiger partial charge is 0.0696 e. The third-order valence-corrected chi connectivity index (χ3v) is 4.25. The Kier molecular flexibility index (Phi) is 3.55. The van der Waals surface area contributed by atoms with Gasteiger partial charge in [-0.3, -0.25) is 0 Å². The molecule has 2 rings (SSSR count). The average molecular weight is 233 g/mol. The maximum atomic E-state index is 6.31. The van der Waals surface area contributed by atoms with Crippen molar-refractivity contribution in [1.82, 2.24) is 0 Å². The number of aryl methyl sites for hydroxylation is 2. The highest BCUT2D eigenvalue weighted by Crippen LogP contribution is 2.41. The molecule has 0 radical (unpaired) electrons. The molecule has 2 N–H and O–H groups in total. The summed E-state index contributed by atoms with van der Waals surface area (Å²) in [5, 5.41) is 0. The van der Waals surface area contributed by atoms with Gasteiger partial charge in [-0.05, 0) is 56.2 Å². The van der Waals surface area contributed by atoms with E-state index in [4.69, 9.17) is 10.5 Å². The highest BCUT2D eigenvalue weighted by atomic mass is 16.5. The van der Waals surface area contributed by atoms with Crippen molar-refractivity contribution in [1.29, 1.82) is 0 Å². The van der Waals surface area contributed by atoms with Gasteiger partial charge in [0.1, 0.15) is 0 Å². The van der Waals surface area contributed by atoms with E-state index >= 15 is 0 Å². The maximum Gasteiger partial charge on any atom is 0.0696 e. The van der Waals surface area contributed by atoms with Crippen molar-refractivity contribution in [2.24, 2.45) is 5.73 Å². The molecule has 2 heteroatoms. The molecule has 1 fully saturated rings. The molecule has 0 saturated heterocycles. The van der Waals surface area contributed by atoms with Gasteiger partial charge in [-0.1, -0.05) is 18.2 Å². The van der Waals surface area contributed by atoms with Crippen LogP contribution in [-0.4, -0.2) is 12.7 Å². The summed E-state index contributed by atoms with van der Waals surface area (Å²) < 4.78 is 5.64. The van der Waals surface area contributed by atoms with Crippen LogP contribution in [0.25, 0.3) is 0 Å². The molecule has 1 aromatic rings. The third kappa shape index (κ3) is 2.53. The Balaban J connectivity index is 2.08. The van der Waals surface area contributed by atoms with E-state index in [2.05, 4.69) is 32.0 Å². The van der Waals surface area contributed by atoms with E-state index < -0.39 is 0 Å². The van der Waals surface area contributed by atoms with Gasteiger partial charge in [-0.2, -0.15) is 0 Å². The van der Waals surface area contributed by atoms with E-state index in [1.54, 1.807) is 0 Å². The van der Waals surface area contributed by atoms with Crippen LogP contribution in [0.1, 0.15) is 48.4 Å². The fourth-order valence-corrected chi connectivity index (χ4v) is 2.58. The summed E-state index contributed by atoms with van der Waals surface area (Å²) in [7, 11) is 1.81. The standard InChI is InChI=1S/C15H23NO/c1-11-5-6-13(9-12(11)2)14(16)10-15(17-3)7-4-8-15/h5-6,9,14H,4,7-8,10,16H2,1-3H3. The first-order valence-electron chi connectivity index (χ1n) is 6.44. The van der Waals surface area contributed by atoms with Crippen molar-refractivity contribution < 1.29 is 4.74 Å². The minimum atomic E-state index is 0.0538. The molecule has 1 atom stereocenters. The molecule has 0 aromatic heterocycles. The second kappa shape index (κ2) is 4.79. The number of benzene rings is 1. The van der Waals surface area contributed by atoms with Crippen molar-refractivity contribution in [3.63, 3.8) is 0 Å². The first-order chi connectivity index (χ1) is 8.06. The summed E-state index contributed by atoms with van der Waals surface area (Å²) >= 11 is 0. The van der Waals surface area contributed by atoms with E-state index in [-0.39, 0.29) is 11.6 Å². The molecular formula is C15H23NO. The summed E-state index contributed by atoms with van der Waals surface area (Å²) in [4.78, 5) is 0. The molecule has 17 heavy (non-hydrogen) atoms. The first kappa shape index (κ1) is 12.6. The van der Waals surface area contributed by atoms with Gasteiger partial charge in [0.15, 0.2) is 0 Å². The highest BCUT2D eigenvalue weighted by molar-refractivity contribution is 5.31. The Morgan fingerprint density at radius 3 is 2.47 bits per heavy atom. The fourth-order valence-electron chi connectivity index (χ4n) is 2.58. The van der Waals surface area contributed by atoms with Crippen molar-refractivity contribution >= 4 is 0 Å². The summed E-state index contributed by atoms with van der Waals surface area (Å²) in [6.45, 7) is 4.27. The second-order valence-electron chi connectivity index (χ2n) is 5.40. The Labute approximate surface area is 104 Å². The maximum absolute atomic E-state index is 6.31. The van der Waals surface area contributed by atoms with Crippen LogP contribution < -0.4 is 5.73 Å². The number of rotatable bonds is 4. The lowest BCUT2D eigenvalue weighted by Gasteiger charge is -2.42. The molecule has 0 spiro atoms. The van der Waals surface area contributed by atoms with Gasteiger partial charge in [0, 0.05) is 13.2 Å². The van der Waals surface area contributed by atoms with E-state index in [0.29, 0.717) is 0 Å². The van der Waals surface area contributed by atoms with Crippen LogP contribution in [-0.2, 0) is 4.74 Å². The quantitative estimate of drug-likeness (QED) is 0.866. The average Bonchev–Trinajstić information content (AvgIpc) is 2.27. The van der Waals surface area contributed by atoms with Crippen LogP contribution in [0.3, 0.4) is 0 Å². The Hall–Kier alpha value is -0.860. The molecule has 1 unspecified atom stereocenters. The van der Waals surface area contributed by atoms with Gasteiger partial charge in [-0.25, -0.2) is 0 Å². The monoisotopic (exact) mass is 233 g/mol. The number of hydrogen-bond acceptors (Lipinski definition) is 2. The van der Waals surface area contributed by atoms with E-state index in [1.807, 2.05) is 7.11 Å². The van der Waals surface area contributed by atoms with Gasteiger partial charge in [0.2, 0.25) is 0 Å². The Morgan fingerprint density at radius 2 is 2.00 bits per heavy atom. The lowest BCUT2D eigenvalue weighted by atomic mass is 9.75. The zero-order chi connectivity index (χ0) is 12.5. The Morgan fingerprint density at radius 1 is 1.29 bits per heavy atom. The molecule has 1 aromatic carbocycles. The predicted octanol–water partition coefficient (Wildman–Crippen LogP) is 3.26. The topological polar surface area (TPSA) is 35.2 Å². The van der Waals surface area contributed by atoms with Crippen LogP contribution in [0.4, 0.5) is 0 Å². The summed E-state index contributed by atoms with van der Waals surface area (Å²) in [5.41, 5.74) is 10.2. The molecule has 0 amide bonds. The summed E-state index contributed by atoms with van der Waals surface area (Å²) in [6, 6.07) is 6.61. The SMILES string of the molecule is COC1(CC(N)c2ccc(C)c(C)c2)CCC1. The fraction of sp³-hybridized carbons (Fsp3) is 0.600. The van der Waals surface area contributed by atoms with Crippen molar-refractivity contribution in [3.05, 3.63) is 34.9 Å². The molecule has 0 bridgehead atoms. The normalized spacial score (nSPS) is 19.8. The predicted molar refractivity (Wildman–Crippen MR) is 71.1 cm³/mol. The van der Waals surface area contributed by atoms with Crippen molar-refractivity contribution in [2.45, 2.75) is 51.2 Å². The number of methoxy groups -OCH3 is 1. The van der Waals surface area contributed by atoms with Gasteiger partial charge >= 0.3 is 0 Å². The van der Waals surface area contributed by atoms with E-state index in [0.717, 1.165) is 19.3 Å². The van der Waals surface area contributed by atoms with Crippen molar-refractivity contribution in [3.8, 4) is 0 Å². The Bertz CT molecular complexity index is 390. The van der Waals surface area contributed by atoms with Gasteiger partial charge < -0.3 is 10.5 Å². The highest BCUT2D eigenvalue weighted by Gasteiger charge is 2.38. The van der Waals surface area contributed by atoms with Gasteiger partial charge in [0.05, 0.1) is 5.60 Å². The lowest BCUT2D eigenvalue weighted by Crippen LogP contribution is -2.41. The minimum Gasteiger partial charge on any atom is -0.378 e. The van der Waals surface area contributed by atoms with E-state index in [1.165, 1.54) is 23.1 Å². The van der Waals surface area contributed by atoms with E-state index in [9.17, 15) is 0 Å². The van der Waals surface area contributed by atoms with Crippen LogP contribution in [0.15, 0.2) is 18.2 Å². The molecule has 94 valence electrons. The number of nitrogens with two attached hydrogens (primary N) is 1. The summed E-state index contributed by atoms with van der Waals surface area (Å²) in [6.07, 6.45) is 4.52. The van der Waals surface area contributed by atoms with Gasteiger partial charge in [0.25, 0.3) is 0 Å². The van der Waals surface area contributed by atoms with Gasteiger partial charge in [-0.15, -0.1) is 0 Å². The van der Waals surface area contributed by atoms with Crippen LogP contribution in [0, 0.1) is 13.8 Å². The summed E-state index contributed by atoms with van der Waals surface area (Å²) in [5.74, 6) is 0. The largest absolute Gasteiger partial charge is 0.378 e. The lowest BCUT2D eigenvalue weighted by molar-refractivity contribution is -0.0817. The molecule has 0 heterocycles. The van der Waals surface area contributed by atoms with Crippen LogP contribution in [0.5, 0.6) is 0 Å². The molecule has 2 nitrogen and oxygen atoms in total. The molecule has 0 aliphatic heterocycles. The molecule has 1 aliphatic rings. The number of hydrogen-bond donors (Lipinski definition) is 1. The molecule has 1 saturated carbocycles. The third-order valence-electron chi connectivity index (χ3n) is 4.25. The number of ether oxygens (including phenoxy) is 1.